The molecule has 0 saturated heterocycles. The van der Waals surface area contributed by atoms with Crippen molar-refractivity contribution in [2.24, 2.45) is 0 Å². The molecule has 13 rings (SSSR count). The molecule has 0 aliphatic heterocycles. The summed E-state index contributed by atoms with van der Waals surface area (Å²) in [4.78, 5) is 2.42. The molecular formula is C67H46N2. The van der Waals surface area contributed by atoms with E-state index in [9.17, 15) is 0 Å². The fourth-order valence-corrected chi connectivity index (χ4v) is 11.1. The number of nitrogens with zero attached hydrogens (tertiary/aromatic N) is 2. The molecule has 69 heavy (non-hydrogen) atoms. The molecule has 11 aromatic carbocycles. The lowest BCUT2D eigenvalue weighted by Gasteiger charge is -2.35. The Balaban J connectivity index is 0.931. The van der Waals surface area contributed by atoms with Gasteiger partial charge in [-0.25, -0.2) is 0 Å². The minimum atomic E-state index is -0.509. The normalized spacial score (nSPS) is 12.5. The van der Waals surface area contributed by atoms with Gasteiger partial charge in [0.25, 0.3) is 0 Å². The summed E-state index contributed by atoms with van der Waals surface area (Å²) in [6, 6.07) is 102. The van der Waals surface area contributed by atoms with Gasteiger partial charge < -0.3 is 9.47 Å². The fourth-order valence-electron chi connectivity index (χ4n) is 11.1. The number of benzene rings is 11. The molecule has 0 fully saturated rings. The maximum absolute atomic E-state index is 2.45. The zero-order valence-corrected chi connectivity index (χ0v) is 38.0. The summed E-state index contributed by atoms with van der Waals surface area (Å²) in [7, 11) is 0. The molecule has 1 heterocycles. The number of rotatable bonds is 9. The minimum Gasteiger partial charge on any atom is -0.310 e. The van der Waals surface area contributed by atoms with Gasteiger partial charge in [-0.2, -0.15) is 0 Å². The van der Waals surface area contributed by atoms with Crippen LogP contribution in [0.5, 0.6) is 0 Å². The first-order chi connectivity index (χ1) is 34.2. The molecule has 2 heteroatoms. The average molecular weight is 879 g/mol. The predicted octanol–water partition coefficient (Wildman–Crippen LogP) is 17.6. The van der Waals surface area contributed by atoms with E-state index in [1.165, 1.54) is 88.6 Å². The molecule has 0 saturated carbocycles. The second kappa shape index (κ2) is 16.7. The molecule has 1 aliphatic rings. The van der Waals surface area contributed by atoms with E-state index < -0.39 is 5.41 Å². The highest BCUT2D eigenvalue weighted by Gasteiger charge is 2.46. The number of para-hydroxylation sites is 1. The quantitative estimate of drug-likeness (QED) is 0.140. The van der Waals surface area contributed by atoms with E-state index >= 15 is 0 Å². The molecule has 1 aromatic heterocycles. The van der Waals surface area contributed by atoms with E-state index in [1.807, 2.05) is 0 Å². The molecule has 1 aliphatic carbocycles. The van der Waals surface area contributed by atoms with Gasteiger partial charge in [-0.1, -0.05) is 212 Å². The average Bonchev–Trinajstić information content (AvgIpc) is 3.92. The topological polar surface area (TPSA) is 8.17 Å². The SMILES string of the molecule is c1ccc(-c2ccc(N(c3ccc(-c4ccc5c(c4)c4ccccc4n5-c4ccc(-c5ccccc5)cc4)cc3)c3ccc4c(c3)C(c3ccccc3)(c3ccccc3)c3ccccc3-4)cc2)cc1. The highest BCUT2D eigenvalue weighted by atomic mass is 15.1. The third-order valence-corrected chi connectivity index (χ3v) is 14.3. The second-order valence-electron chi connectivity index (χ2n) is 18.1. The Hall–Kier alpha value is -8.98. The zero-order valence-electron chi connectivity index (χ0n) is 38.0. The second-order valence-corrected chi connectivity index (χ2v) is 18.1. The Morgan fingerprint density at radius 3 is 1.32 bits per heavy atom. The Morgan fingerprint density at radius 1 is 0.275 bits per heavy atom. The third-order valence-electron chi connectivity index (χ3n) is 14.3. The van der Waals surface area contributed by atoms with Crippen LogP contribution in [0.3, 0.4) is 0 Å². The van der Waals surface area contributed by atoms with Gasteiger partial charge >= 0.3 is 0 Å². The lowest BCUT2D eigenvalue weighted by molar-refractivity contribution is 0.768. The summed E-state index contributed by atoms with van der Waals surface area (Å²) in [5.74, 6) is 0. The van der Waals surface area contributed by atoms with Crippen LogP contribution < -0.4 is 4.90 Å². The van der Waals surface area contributed by atoms with Crippen LogP contribution in [0.4, 0.5) is 17.1 Å². The highest BCUT2D eigenvalue weighted by molar-refractivity contribution is 6.10. The Morgan fingerprint density at radius 2 is 0.710 bits per heavy atom. The molecule has 0 N–H and O–H groups in total. The molecule has 2 nitrogen and oxygen atoms in total. The summed E-state index contributed by atoms with van der Waals surface area (Å²) in [5.41, 5.74) is 21.1. The van der Waals surface area contributed by atoms with Crippen LogP contribution in [0, 0.1) is 0 Å². The van der Waals surface area contributed by atoms with Gasteiger partial charge in [-0.3, -0.25) is 0 Å². The van der Waals surface area contributed by atoms with Gasteiger partial charge in [-0.15, -0.1) is 0 Å². The van der Waals surface area contributed by atoms with Gasteiger partial charge in [0.05, 0.1) is 16.4 Å². The van der Waals surface area contributed by atoms with Crippen molar-refractivity contribution in [1.29, 1.82) is 0 Å². The maximum atomic E-state index is 2.45. The number of anilines is 3. The summed E-state index contributed by atoms with van der Waals surface area (Å²) < 4.78 is 2.40. The van der Waals surface area contributed by atoms with Crippen molar-refractivity contribution in [2.45, 2.75) is 5.41 Å². The van der Waals surface area contributed by atoms with E-state index in [2.05, 4.69) is 289 Å². The Bertz CT molecular complexity index is 3740. The van der Waals surface area contributed by atoms with Crippen LogP contribution in [0.15, 0.2) is 279 Å². The van der Waals surface area contributed by atoms with Crippen molar-refractivity contribution in [1.82, 2.24) is 4.57 Å². The van der Waals surface area contributed by atoms with Crippen LogP contribution in [-0.4, -0.2) is 4.57 Å². The van der Waals surface area contributed by atoms with E-state index in [-0.39, 0.29) is 0 Å². The molecule has 0 radical (unpaired) electrons. The van der Waals surface area contributed by atoms with Gasteiger partial charge in [0.1, 0.15) is 0 Å². The number of hydrogen-bond donors (Lipinski definition) is 0. The number of fused-ring (bicyclic) bond motifs is 6. The molecule has 0 spiro atoms. The van der Waals surface area contributed by atoms with Crippen LogP contribution in [0.25, 0.3) is 72.0 Å². The van der Waals surface area contributed by atoms with Crippen molar-refractivity contribution < 1.29 is 0 Å². The number of hydrogen-bond acceptors (Lipinski definition) is 1. The lowest BCUT2D eigenvalue weighted by Crippen LogP contribution is -2.28. The Labute approximate surface area is 403 Å². The largest absolute Gasteiger partial charge is 0.310 e. The fraction of sp³-hybridized carbons (Fsp3) is 0.0149. The summed E-state index contributed by atoms with van der Waals surface area (Å²) in [6.45, 7) is 0. The van der Waals surface area contributed by atoms with Gasteiger partial charge in [0.2, 0.25) is 0 Å². The highest BCUT2D eigenvalue weighted by Crippen LogP contribution is 2.57. The molecular weight excluding hydrogens is 833 g/mol. The van der Waals surface area contributed by atoms with Crippen molar-refractivity contribution >= 4 is 38.9 Å². The molecule has 0 unspecified atom stereocenters. The van der Waals surface area contributed by atoms with Crippen LogP contribution in [0.2, 0.25) is 0 Å². The smallest absolute Gasteiger partial charge is 0.0714 e. The first-order valence-electron chi connectivity index (χ1n) is 23.8. The van der Waals surface area contributed by atoms with Crippen molar-refractivity contribution in [3.05, 3.63) is 301 Å². The van der Waals surface area contributed by atoms with E-state index in [0.29, 0.717) is 0 Å². The zero-order chi connectivity index (χ0) is 45.7. The monoisotopic (exact) mass is 878 g/mol. The Kier molecular flexibility index (Phi) is 9.77. The summed E-state index contributed by atoms with van der Waals surface area (Å²) >= 11 is 0. The van der Waals surface area contributed by atoms with Crippen LogP contribution in [-0.2, 0) is 5.41 Å². The first kappa shape index (κ1) is 40.3. The maximum Gasteiger partial charge on any atom is 0.0714 e. The molecule has 0 atom stereocenters. The number of aromatic nitrogens is 1. The van der Waals surface area contributed by atoms with E-state index in [4.69, 9.17) is 0 Å². The molecule has 12 aromatic rings. The van der Waals surface area contributed by atoms with E-state index in [0.717, 1.165) is 22.7 Å². The van der Waals surface area contributed by atoms with Crippen molar-refractivity contribution in [2.75, 3.05) is 4.90 Å². The van der Waals surface area contributed by atoms with Gasteiger partial charge in [-0.05, 0) is 133 Å². The van der Waals surface area contributed by atoms with Crippen LogP contribution in [0.1, 0.15) is 22.3 Å². The first-order valence-corrected chi connectivity index (χ1v) is 23.8. The summed E-state index contributed by atoms with van der Waals surface area (Å²) in [5, 5.41) is 2.47. The molecule has 0 amide bonds. The lowest BCUT2D eigenvalue weighted by atomic mass is 9.67. The molecule has 324 valence electrons. The molecule has 0 bridgehead atoms. The minimum absolute atomic E-state index is 0.509. The standard InChI is InChI=1S/C67H46N2/c1-5-17-47(18-6-1)49-29-36-55(37-30-49)68(58-42-43-60-59-25-13-15-27-63(59)67(64(60)46-58,53-21-9-3-10-22-53)54-23-11-4-12-24-54)56-38-33-51(34-39-56)52-35-44-66-62(45-52)61-26-14-16-28-65(61)69(66)57-40-31-50(32-41-57)48-19-7-2-8-20-48/h1-46H. The van der Waals surface area contributed by atoms with Gasteiger partial charge in [0.15, 0.2) is 0 Å². The van der Waals surface area contributed by atoms with E-state index in [1.54, 1.807) is 0 Å². The van der Waals surface area contributed by atoms with Crippen molar-refractivity contribution in [3.63, 3.8) is 0 Å². The van der Waals surface area contributed by atoms with Crippen LogP contribution >= 0.6 is 0 Å². The summed E-state index contributed by atoms with van der Waals surface area (Å²) in [6.07, 6.45) is 0. The van der Waals surface area contributed by atoms with Gasteiger partial charge in [0, 0.05) is 33.5 Å². The predicted molar refractivity (Wildman–Crippen MR) is 289 cm³/mol. The van der Waals surface area contributed by atoms with Crippen molar-refractivity contribution in [3.8, 4) is 50.2 Å². The third kappa shape index (κ3) is 6.72.